The predicted molar refractivity (Wildman–Crippen MR) is 75.0 cm³/mol. The summed E-state index contributed by atoms with van der Waals surface area (Å²) < 4.78 is 26.3. The second-order valence-corrected chi connectivity index (χ2v) is 6.75. The van der Waals surface area contributed by atoms with Gasteiger partial charge in [-0.05, 0) is 24.1 Å². The molecule has 0 saturated carbocycles. The number of carbonyl (C=O) groups is 2. The maximum absolute atomic E-state index is 12.1. The predicted octanol–water partition coefficient (Wildman–Crippen LogP) is 1.43. The Morgan fingerprint density at radius 1 is 1.24 bits per heavy atom. The summed E-state index contributed by atoms with van der Waals surface area (Å²) in [6.07, 6.45) is 0. The number of aromatic carboxylic acids is 1. The molecule has 9 heteroatoms. The van der Waals surface area contributed by atoms with E-state index < -0.39 is 33.9 Å². The van der Waals surface area contributed by atoms with Crippen LogP contribution in [0.25, 0.3) is 0 Å². The second kappa shape index (κ2) is 6.42. The van der Waals surface area contributed by atoms with Gasteiger partial charge in [-0.1, -0.05) is 25.4 Å². The third-order valence-corrected chi connectivity index (χ3v) is 4.46. The van der Waals surface area contributed by atoms with Gasteiger partial charge in [0.15, 0.2) is 0 Å². The van der Waals surface area contributed by atoms with Crippen LogP contribution in [0.1, 0.15) is 24.2 Å². The molecular weight excluding hydrogens is 322 g/mol. The molecule has 1 atom stereocenters. The van der Waals surface area contributed by atoms with E-state index in [-0.39, 0.29) is 15.5 Å². The van der Waals surface area contributed by atoms with Gasteiger partial charge in [0.2, 0.25) is 10.0 Å². The van der Waals surface area contributed by atoms with Crippen LogP contribution in [-0.2, 0) is 14.8 Å². The summed E-state index contributed by atoms with van der Waals surface area (Å²) in [4.78, 5) is 21.6. The van der Waals surface area contributed by atoms with Crippen LogP contribution in [-0.4, -0.2) is 36.6 Å². The Hall–Kier alpha value is -1.64. The summed E-state index contributed by atoms with van der Waals surface area (Å²) in [5.74, 6) is -3.18. The Morgan fingerprint density at radius 2 is 1.81 bits per heavy atom. The van der Waals surface area contributed by atoms with Gasteiger partial charge in [-0.2, -0.15) is 4.72 Å². The fourth-order valence-electron chi connectivity index (χ4n) is 1.54. The van der Waals surface area contributed by atoms with Crippen molar-refractivity contribution < 1.29 is 28.2 Å². The van der Waals surface area contributed by atoms with Crippen LogP contribution < -0.4 is 4.72 Å². The molecule has 1 rings (SSSR count). The van der Waals surface area contributed by atoms with E-state index in [2.05, 4.69) is 0 Å². The van der Waals surface area contributed by atoms with Gasteiger partial charge >= 0.3 is 11.9 Å². The fraction of sp³-hybridized carbons (Fsp3) is 0.333. The van der Waals surface area contributed by atoms with E-state index in [1.165, 1.54) is 0 Å². The molecule has 3 N–H and O–H groups in total. The lowest BCUT2D eigenvalue weighted by molar-refractivity contribution is -0.140. The van der Waals surface area contributed by atoms with Crippen molar-refractivity contribution in [3.63, 3.8) is 0 Å². The molecule has 0 radical (unpaired) electrons. The van der Waals surface area contributed by atoms with Crippen molar-refractivity contribution in [2.45, 2.75) is 24.8 Å². The number of aliphatic carboxylic acids is 1. The number of carboxylic acid groups (broad SMARTS) is 2. The van der Waals surface area contributed by atoms with E-state index in [4.69, 9.17) is 21.8 Å². The zero-order valence-electron chi connectivity index (χ0n) is 11.2. The van der Waals surface area contributed by atoms with Gasteiger partial charge in [-0.3, -0.25) is 4.79 Å². The quantitative estimate of drug-likeness (QED) is 0.723. The monoisotopic (exact) mass is 335 g/mol. The molecule has 0 saturated heterocycles. The van der Waals surface area contributed by atoms with Crippen LogP contribution >= 0.6 is 11.6 Å². The van der Waals surface area contributed by atoms with Crippen molar-refractivity contribution in [3.8, 4) is 0 Å². The molecule has 1 aromatic carbocycles. The lowest BCUT2D eigenvalue weighted by Gasteiger charge is -2.18. The van der Waals surface area contributed by atoms with Crippen LogP contribution in [0.5, 0.6) is 0 Å². The van der Waals surface area contributed by atoms with Crippen molar-refractivity contribution in [1.29, 1.82) is 0 Å². The Bertz CT molecular complexity index is 670. The van der Waals surface area contributed by atoms with Gasteiger partial charge in [-0.15, -0.1) is 0 Å². The minimum Gasteiger partial charge on any atom is -0.480 e. The van der Waals surface area contributed by atoms with Crippen LogP contribution in [0.3, 0.4) is 0 Å². The first-order valence-electron chi connectivity index (χ1n) is 5.84. The topological polar surface area (TPSA) is 121 Å². The van der Waals surface area contributed by atoms with Crippen LogP contribution in [0.2, 0.25) is 5.02 Å². The van der Waals surface area contributed by atoms with Crippen molar-refractivity contribution in [2.24, 2.45) is 5.92 Å². The van der Waals surface area contributed by atoms with E-state index in [0.717, 1.165) is 18.2 Å². The number of sulfonamides is 1. The molecular formula is C12H14ClNO6S. The molecule has 0 aliphatic heterocycles. The molecule has 0 heterocycles. The van der Waals surface area contributed by atoms with E-state index >= 15 is 0 Å². The highest BCUT2D eigenvalue weighted by atomic mass is 35.5. The Morgan fingerprint density at radius 3 is 2.24 bits per heavy atom. The van der Waals surface area contributed by atoms with E-state index in [0.29, 0.717) is 0 Å². The van der Waals surface area contributed by atoms with Crippen molar-refractivity contribution >= 4 is 33.6 Å². The van der Waals surface area contributed by atoms with Gasteiger partial charge in [0.25, 0.3) is 0 Å². The maximum atomic E-state index is 12.1. The lowest BCUT2D eigenvalue weighted by Crippen LogP contribution is -2.44. The largest absolute Gasteiger partial charge is 0.480 e. The smallest absolute Gasteiger partial charge is 0.337 e. The minimum atomic E-state index is -4.18. The average Bonchev–Trinajstić information content (AvgIpc) is 2.35. The Balaban J connectivity index is 3.22. The molecule has 0 unspecified atom stereocenters. The highest BCUT2D eigenvalue weighted by Gasteiger charge is 2.28. The number of benzene rings is 1. The first-order chi connectivity index (χ1) is 9.56. The van der Waals surface area contributed by atoms with Crippen molar-refractivity contribution in [2.75, 3.05) is 0 Å². The summed E-state index contributed by atoms with van der Waals surface area (Å²) in [5.41, 5.74) is -0.379. The Labute approximate surface area is 126 Å². The molecule has 1 aromatic rings. The first kappa shape index (κ1) is 17.4. The third kappa shape index (κ3) is 4.16. The molecule has 21 heavy (non-hydrogen) atoms. The number of halogens is 1. The van der Waals surface area contributed by atoms with Crippen molar-refractivity contribution in [3.05, 3.63) is 28.8 Å². The highest BCUT2D eigenvalue weighted by molar-refractivity contribution is 7.89. The summed E-state index contributed by atoms with van der Waals surface area (Å²) >= 11 is 5.66. The minimum absolute atomic E-state index is 0.111. The number of nitrogens with one attached hydrogen (secondary N) is 1. The van der Waals surface area contributed by atoms with Gasteiger partial charge in [0.1, 0.15) is 6.04 Å². The van der Waals surface area contributed by atoms with Gasteiger partial charge < -0.3 is 10.2 Å². The number of hydrogen-bond donors (Lipinski definition) is 3. The number of carboxylic acids is 2. The highest BCUT2D eigenvalue weighted by Crippen LogP contribution is 2.21. The molecule has 116 valence electrons. The zero-order chi connectivity index (χ0) is 16.4. The molecule has 0 aliphatic rings. The van der Waals surface area contributed by atoms with Gasteiger partial charge in [0, 0.05) is 0 Å². The fourth-order valence-corrected chi connectivity index (χ4v) is 3.10. The summed E-state index contributed by atoms with van der Waals surface area (Å²) in [5, 5.41) is 17.8. The Kier molecular flexibility index (Phi) is 5.32. The average molecular weight is 336 g/mol. The normalized spacial score (nSPS) is 13.1. The second-order valence-electron chi connectivity index (χ2n) is 4.63. The number of hydrogen-bond acceptors (Lipinski definition) is 4. The third-order valence-electron chi connectivity index (χ3n) is 2.69. The van der Waals surface area contributed by atoms with E-state index in [1.54, 1.807) is 13.8 Å². The number of rotatable bonds is 6. The summed E-state index contributed by atoms with van der Waals surface area (Å²) in [7, 11) is -4.18. The van der Waals surface area contributed by atoms with E-state index in [1.807, 2.05) is 4.72 Å². The van der Waals surface area contributed by atoms with Gasteiger partial charge in [-0.25, -0.2) is 13.2 Å². The molecule has 0 aliphatic carbocycles. The van der Waals surface area contributed by atoms with Crippen LogP contribution in [0, 0.1) is 5.92 Å². The lowest BCUT2D eigenvalue weighted by atomic mass is 10.1. The SMILES string of the molecule is CC(C)[C@H](NS(=O)(=O)c1ccc(Cl)c(C(=O)O)c1)C(=O)O. The zero-order valence-corrected chi connectivity index (χ0v) is 12.8. The molecule has 0 amide bonds. The van der Waals surface area contributed by atoms with E-state index in [9.17, 15) is 18.0 Å². The van der Waals surface area contributed by atoms with Gasteiger partial charge in [0.05, 0.1) is 15.5 Å². The molecule has 0 fully saturated rings. The summed E-state index contributed by atoms with van der Waals surface area (Å²) in [6, 6.07) is 1.80. The molecule has 0 aromatic heterocycles. The standard InChI is InChI=1S/C12H14ClNO6S/c1-6(2)10(12(17)18)14-21(19,20)7-3-4-9(13)8(5-7)11(15)16/h3-6,10,14H,1-2H3,(H,15,16)(H,17,18)/t10-/m0/s1. The van der Waals surface area contributed by atoms with Crippen LogP contribution in [0.15, 0.2) is 23.1 Å². The maximum Gasteiger partial charge on any atom is 0.337 e. The molecule has 0 bridgehead atoms. The molecule has 7 nitrogen and oxygen atoms in total. The summed E-state index contributed by atoms with van der Waals surface area (Å²) in [6.45, 7) is 3.09. The first-order valence-corrected chi connectivity index (χ1v) is 7.70. The van der Waals surface area contributed by atoms with Crippen LogP contribution in [0.4, 0.5) is 0 Å². The molecule has 0 spiro atoms. The van der Waals surface area contributed by atoms with Crippen molar-refractivity contribution in [1.82, 2.24) is 4.72 Å².